The number of halogens is 2. The SMILES string of the molecule is O=C(CN(c1ccccc1F)S(=O)(=O)c1ccccc1)N/N=C\c1ccc(OCc2ccc(Cl)cc2)cc1. The summed E-state index contributed by atoms with van der Waals surface area (Å²) in [6.07, 6.45) is 1.40. The van der Waals surface area contributed by atoms with E-state index >= 15 is 0 Å². The molecule has 1 amide bonds. The molecule has 1 N–H and O–H groups in total. The predicted molar refractivity (Wildman–Crippen MR) is 145 cm³/mol. The van der Waals surface area contributed by atoms with E-state index in [1.807, 2.05) is 12.1 Å². The number of anilines is 1. The quantitative estimate of drug-likeness (QED) is 0.211. The highest BCUT2D eigenvalue weighted by Gasteiger charge is 2.28. The lowest BCUT2D eigenvalue weighted by Crippen LogP contribution is -2.40. The van der Waals surface area contributed by atoms with Crippen LogP contribution in [0.4, 0.5) is 10.1 Å². The number of nitrogens with zero attached hydrogens (tertiary/aromatic N) is 2. The van der Waals surface area contributed by atoms with E-state index in [1.165, 1.54) is 36.5 Å². The Hall–Kier alpha value is -4.21. The molecule has 194 valence electrons. The molecule has 10 heteroatoms. The molecule has 0 saturated carbocycles. The minimum Gasteiger partial charge on any atom is -0.489 e. The van der Waals surface area contributed by atoms with E-state index in [9.17, 15) is 17.6 Å². The number of ether oxygens (including phenoxy) is 1. The molecular weight excluding hydrogens is 529 g/mol. The Kier molecular flexibility index (Phi) is 8.73. The van der Waals surface area contributed by atoms with Crippen LogP contribution in [0.15, 0.2) is 113 Å². The van der Waals surface area contributed by atoms with Gasteiger partial charge in [-0.1, -0.05) is 54.1 Å². The molecule has 0 aliphatic rings. The predicted octanol–water partition coefficient (Wildman–Crippen LogP) is 5.40. The van der Waals surface area contributed by atoms with E-state index in [2.05, 4.69) is 10.5 Å². The number of sulfonamides is 1. The molecule has 0 heterocycles. The monoisotopic (exact) mass is 551 g/mol. The summed E-state index contributed by atoms with van der Waals surface area (Å²) in [5.74, 6) is -0.874. The summed E-state index contributed by atoms with van der Waals surface area (Å²) in [6, 6.07) is 27.2. The van der Waals surface area contributed by atoms with Gasteiger partial charge in [-0.3, -0.25) is 9.10 Å². The van der Waals surface area contributed by atoms with Crippen LogP contribution in [0, 0.1) is 5.82 Å². The lowest BCUT2D eigenvalue weighted by atomic mass is 10.2. The zero-order chi connectivity index (χ0) is 27.0. The van der Waals surface area contributed by atoms with Crippen LogP contribution in [0.5, 0.6) is 5.75 Å². The van der Waals surface area contributed by atoms with Crippen LogP contribution in [0.1, 0.15) is 11.1 Å². The Morgan fingerprint density at radius 3 is 2.26 bits per heavy atom. The molecule has 4 rings (SSSR count). The largest absolute Gasteiger partial charge is 0.489 e. The average molecular weight is 552 g/mol. The van der Waals surface area contributed by atoms with Crippen LogP contribution < -0.4 is 14.5 Å². The second-order valence-electron chi connectivity index (χ2n) is 8.05. The zero-order valence-corrected chi connectivity index (χ0v) is 21.6. The van der Waals surface area contributed by atoms with Crippen molar-refractivity contribution in [1.29, 1.82) is 0 Å². The highest BCUT2D eigenvalue weighted by atomic mass is 35.5. The maximum absolute atomic E-state index is 14.5. The summed E-state index contributed by atoms with van der Waals surface area (Å²) < 4.78 is 47.4. The van der Waals surface area contributed by atoms with Gasteiger partial charge >= 0.3 is 0 Å². The van der Waals surface area contributed by atoms with Gasteiger partial charge in [-0.05, 0) is 71.8 Å². The van der Waals surface area contributed by atoms with E-state index in [0.29, 0.717) is 22.9 Å². The molecule has 0 fully saturated rings. The summed E-state index contributed by atoms with van der Waals surface area (Å²) >= 11 is 5.89. The summed E-state index contributed by atoms with van der Waals surface area (Å²) in [6.45, 7) is -0.294. The van der Waals surface area contributed by atoms with Crippen molar-refractivity contribution in [2.45, 2.75) is 11.5 Å². The van der Waals surface area contributed by atoms with Gasteiger partial charge in [-0.25, -0.2) is 18.2 Å². The first-order valence-corrected chi connectivity index (χ1v) is 13.3. The van der Waals surface area contributed by atoms with Gasteiger partial charge < -0.3 is 4.74 Å². The van der Waals surface area contributed by atoms with E-state index in [0.717, 1.165) is 15.9 Å². The lowest BCUT2D eigenvalue weighted by molar-refractivity contribution is -0.119. The summed E-state index contributed by atoms with van der Waals surface area (Å²) in [4.78, 5) is 12.5. The van der Waals surface area contributed by atoms with Gasteiger partial charge in [0.25, 0.3) is 15.9 Å². The van der Waals surface area contributed by atoms with Crippen molar-refractivity contribution in [3.05, 3.63) is 125 Å². The summed E-state index contributed by atoms with van der Waals surface area (Å²) in [7, 11) is -4.22. The number of rotatable bonds is 10. The molecular formula is C28H23ClFN3O4S. The first kappa shape index (κ1) is 26.8. The fraction of sp³-hybridized carbons (Fsp3) is 0.0714. The number of hydrazone groups is 1. The van der Waals surface area contributed by atoms with Crippen LogP contribution in [-0.4, -0.2) is 27.1 Å². The van der Waals surface area contributed by atoms with Crippen molar-refractivity contribution in [2.75, 3.05) is 10.8 Å². The van der Waals surface area contributed by atoms with Gasteiger partial charge in [0, 0.05) is 5.02 Å². The van der Waals surface area contributed by atoms with E-state index < -0.39 is 28.3 Å². The van der Waals surface area contributed by atoms with Gasteiger partial charge in [-0.2, -0.15) is 5.10 Å². The third-order valence-electron chi connectivity index (χ3n) is 5.34. The van der Waals surface area contributed by atoms with Crippen molar-refractivity contribution >= 4 is 39.4 Å². The molecule has 4 aromatic rings. The molecule has 4 aromatic carbocycles. The molecule has 0 bridgehead atoms. The zero-order valence-electron chi connectivity index (χ0n) is 20.0. The fourth-order valence-corrected chi connectivity index (χ4v) is 4.99. The Morgan fingerprint density at radius 2 is 1.58 bits per heavy atom. The summed E-state index contributed by atoms with van der Waals surface area (Å²) in [5, 5.41) is 4.56. The molecule has 0 unspecified atom stereocenters. The maximum Gasteiger partial charge on any atom is 0.264 e. The summed E-state index contributed by atoms with van der Waals surface area (Å²) in [5.41, 5.74) is 3.70. The highest BCUT2D eigenvalue weighted by Crippen LogP contribution is 2.26. The number of hydrogen-bond donors (Lipinski definition) is 1. The Morgan fingerprint density at radius 1 is 0.921 bits per heavy atom. The standard InChI is InChI=1S/C28H23ClFN3O4S/c29-23-14-10-22(11-15-23)20-37-24-16-12-21(13-17-24)18-31-32-28(34)19-33(27-9-5-4-8-26(27)30)38(35,36)25-6-2-1-3-7-25/h1-18H,19-20H2,(H,32,34)/b31-18-. The number of nitrogens with one attached hydrogen (secondary N) is 1. The number of carbonyl (C=O) groups is 1. The van der Waals surface area contributed by atoms with Gasteiger partial charge in [0.2, 0.25) is 0 Å². The van der Waals surface area contributed by atoms with Crippen LogP contribution in [0.2, 0.25) is 5.02 Å². The van der Waals surface area contributed by atoms with Crippen LogP contribution in [0.25, 0.3) is 0 Å². The minimum absolute atomic E-state index is 0.0714. The second-order valence-corrected chi connectivity index (χ2v) is 10.4. The minimum atomic E-state index is -4.22. The van der Waals surface area contributed by atoms with Gasteiger partial charge in [0.15, 0.2) is 0 Å². The first-order valence-electron chi connectivity index (χ1n) is 11.4. The molecule has 0 atom stereocenters. The molecule has 7 nitrogen and oxygen atoms in total. The fourth-order valence-electron chi connectivity index (χ4n) is 3.42. The molecule has 0 spiro atoms. The second kappa shape index (κ2) is 12.4. The van der Waals surface area contributed by atoms with E-state index in [4.69, 9.17) is 16.3 Å². The van der Waals surface area contributed by atoms with Crippen molar-refractivity contribution < 1.29 is 22.3 Å². The Balaban J connectivity index is 1.39. The van der Waals surface area contributed by atoms with Crippen LogP contribution in [-0.2, 0) is 21.4 Å². The topological polar surface area (TPSA) is 88.1 Å². The normalized spacial score (nSPS) is 11.3. The molecule has 0 aromatic heterocycles. The van der Waals surface area contributed by atoms with Crippen LogP contribution >= 0.6 is 11.6 Å². The van der Waals surface area contributed by atoms with Crippen molar-refractivity contribution in [1.82, 2.24) is 5.43 Å². The first-order chi connectivity index (χ1) is 18.3. The number of carbonyl (C=O) groups excluding carboxylic acids is 1. The van der Waals surface area contributed by atoms with Crippen LogP contribution in [0.3, 0.4) is 0 Å². The molecule has 0 aliphatic heterocycles. The third-order valence-corrected chi connectivity index (χ3v) is 7.37. The Labute approximate surface area is 225 Å². The smallest absolute Gasteiger partial charge is 0.264 e. The average Bonchev–Trinajstić information content (AvgIpc) is 2.93. The lowest BCUT2D eigenvalue weighted by Gasteiger charge is -2.24. The Bertz CT molecular complexity index is 1510. The van der Waals surface area contributed by atoms with Crippen molar-refractivity contribution in [3.8, 4) is 5.75 Å². The van der Waals surface area contributed by atoms with Gasteiger partial charge in [0.1, 0.15) is 24.7 Å². The van der Waals surface area contributed by atoms with Crippen molar-refractivity contribution in [3.63, 3.8) is 0 Å². The van der Waals surface area contributed by atoms with Gasteiger partial charge in [-0.15, -0.1) is 0 Å². The van der Waals surface area contributed by atoms with Crippen molar-refractivity contribution in [2.24, 2.45) is 5.10 Å². The maximum atomic E-state index is 14.5. The highest BCUT2D eigenvalue weighted by molar-refractivity contribution is 7.92. The number of para-hydroxylation sites is 1. The third kappa shape index (κ3) is 6.96. The molecule has 0 aliphatic carbocycles. The molecule has 0 radical (unpaired) electrons. The molecule has 0 saturated heterocycles. The number of hydrogen-bond acceptors (Lipinski definition) is 5. The molecule has 38 heavy (non-hydrogen) atoms. The number of amides is 1. The number of benzene rings is 4. The van der Waals surface area contributed by atoms with E-state index in [-0.39, 0.29) is 10.6 Å². The van der Waals surface area contributed by atoms with E-state index in [1.54, 1.807) is 54.6 Å². The van der Waals surface area contributed by atoms with Gasteiger partial charge in [0.05, 0.1) is 16.8 Å².